The Morgan fingerprint density at radius 2 is 1.68 bits per heavy atom. The van der Waals surface area contributed by atoms with E-state index in [0.29, 0.717) is 11.3 Å². The second-order valence-corrected chi connectivity index (χ2v) is 4.72. The van der Waals surface area contributed by atoms with E-state index in [-0.39, 0.29) is 5.91 Å². The van der Waals surface area contributed by atoms with Crippen molar-refractivity contribution in [3.63, 3.8) is 0 Å². The van der Waals surface area contributed by atoms with Crippen LogP contribution in [0.15, 0.2) is 65.0 Å². The molecule has 19 heavy (non-hydrogen) atoms. The average Bonchev–Trinajstić information content (AvgIpc) is 3.07. The van der Waals surface area contributed by atoms with Crippen molar-refractivity contribution in [1.82, 2.24) is 4.37 Å². The van der Waals surface area contributed by atoms with Gasteiger partial charge in [-0.05, 0) is 29.7 Å². The molecule has 0 atom stereocenters. The average molecular weight is 267 g/mol. The lowest BCUT2D eigenvalue weighted by molar-refractivity contribution is 0.100. The molecule has 0 spiro atoms. The molecule has 0 radical (unpaired) electrons. The van der Waals surface area contributed by atoms with Crippen molar-refractivity contribution in [2.75, 3.05) is 0 Å². The zero-order chi connectivity index (χ0) is 13.1. The highest BCUT2D eigenvalue weighted by molar-refractivity contribution is 7.13. The molecule has 5 heteroatoms. The minimum atomic E-state index is -0.240. The van der Waals surface area contributed by atoms with Crippen LogP contribution in [-0.2, 0) is 0 Å². The van der Waals surface area contributed by atoms with Gasteiger partial charge in [0.1, 0.15) is 0 Å². The number of carbonyl (C=O) groups excluding carboxylic acids is 1. The lowest BCUT2D eigenvalue weighted by atomic mass is 10.2. The second-order valence-electron chi connectivity index (χ2n) is 3.89. The Balaban J connectivity index is 0.000000117. The van der Waals surface area contributed by atoms with Gasteiger partial charge in [-0.25, -0.2) is 0 Å². The maximum absolute atomic E-state index is 10.8. The molecule has 0 saturated carbocycles. The summed E-state index contributed by atoms with van der Waals surface area (Å²) in [6.45, 7) is 0. The Bertz CT molecular complexity index is 734. The largest absolute Gasteiger partial charge is 0.297 e. The third-order valence-corrected chi connectivity index (χ3v) is 3.42. The zero-order valence-corrected chi connectivity index (χ0v) is 10.7. The van der Waals surface area contributed by atoms with Crippen molar-refractivity contribution in [2.45, 2.75) is 0 Å². The molecule has 1 amide bonds. The van der Waals surface area contributed by atoms with Gasteiger partial charge in [-0.3, -0.25) is 4.79 Å². The number of hydrogen-bond donors (Lipinski definition) is 0. The standard InChI is InChI=1S/C7H4N2O.C7H5NS/c10-7-5-3-1-2-4-6(5)8-9-7;1-2-4-7-6(3-1)5-8-9-7/h1-4H;1-5H. The minimum absolute atomic E-state index is 0.240. The third-order valence-electron chi connectivity index (χ3n) is 2.64. The van der Waals surface area contributed by atoms with E-state index < -0.39 is 0 Å². The number of nitrogens with zero attached hydrogens (tertiary/aromatic N) is 3. The molecule has 92 valence electrons. The number of fused-ring (bicyclic) bond motifs is 2. The summed E-state index contributed by atoms with van der Waals surface area (Å²) in [4.78, 5) is 10.8. The van der Waals surface area contributed by atoms with Crippen LogP contribution in [0.25, 0.3) is 10.1 Å². The molecule has 1 aliphatic heterocycles. The van der Waals surface area contributed by atoms with E-state index in [9.17, 15) is 4.79 Å². The van der Waals surface area contributed by atoms with Gasteiger partial charge in [0.05, 0.1) is 16.0 Å². The van der Waals surface area contributed by atoms with Crippen molar-refractivity contribution in [3.05, 3.63) is 60.3 Å². The van der Waals surface area contributed by atoms with Crippen LogP contribution in [0.2, 0.25) is 0 Å². The van der Waals surface area contributed by atoms with Crippen molar-refractivity contribution in [1.29, 1.82) is 0 Å². The monoisotopic (exact) mass is 267 g/mol. The van der Waals surface area contributed by atoms with Gasteiger partial charge in [0.15, 0.2) is 0 Å². The number of carbonyl (C=O) groups is 1. The highest BCUT2D eigenvalue weighted by atomic mass is 32.1. The van der Waals surface area contributed by atoms with E-state index in [1.165, 1.54) is 21.6 Å². The fraction of sp³-hybridized carbons (Fsp3) is 0. The molecule has 0 fully saturated rings. The molecule has 0 saturated heterocycles. The summed E-state index contributed by atoms with van der Waals surface area (Å²) >= 11 is 1.54. The molecule has 2 heterocycles. The molecule has 0 bridgehead atoms. The third kappa shape index (κ3) is 2.41. The number of hydrogen-bond acceptors (Lipinski definition) is 4. The SMILES string of the molecule is O=C1N=Nc2ccccc21.c1ccc2sncc2c1. The number of rotatable bonds is 0. The molecule has 2 aromatic carbocycles. The van der Waals surface area contributed by atoms with Crippen LogP contribution >= 0.6 is 11.5 Å². The van der Waals surface area contributed by atoms with E-state index in [1.54, 1.807) is 18.2 Å². The zero-order valence-electron chi connectivity index (χ0n) is 9.85. The molecular formula is C14H9N3OS. The Hall–Kier alpha value is -2.40. The summed E-state index contributed by atoms with van der Waals surface area (Å²) in [5.74, 6) is -0.240. The number of azo groups is 1. The molecule has 0 unspecified atom stereocenters. The number of amides is 1. The summed E-state index contributed by atoms with van der Waals surface area (Å²) < 4.78 is 5.30. The lowest BCUT2D eigenvalue weighted by Crippen LogP contribution is -1.86. The summed E-state index contributed by atoms with van der Waals surface area (Å²) in [5.41, 5.74) is 1.27. The smallest absolute Gasteiger partial charge is 0.265 e. The fourth-order valence-corrected chi connectivity index (χ4v) is 2.35. The van der Waals surface area contributed by atoms with Crippen molar-refractivity contribution < 1.29 is 4.79 Å². The van der Waals surface area contributed by atoms with E-state index in [2.05, 4.69) is 26.7 Å². The summed E-state index contributed by atoms with van der Waals surface area (Å²) in [7, 11) is 0. The van der Waals surface area contributed by atoms with Crippen molar-refractivity contribution >= 4 is 33.2 Å². The Labute approximate surface area is 113 Å². The van der Waals surface area contributed by atoms with Crippen molar-refractivity contribution in [2.24, 2.45) is 10.2 Å². The van der Waals surface area contributed by atoms with E-state index in [4.69, 9.17) is 0 Å². The van der Waals surface area contributed by atoms with Crippen LogP contribution in [-0.4, -0.2) is 10.3 Å². The van der Waals surface area contributed by atoms with Gasteiger partial charge in [-0.2, -0.15) is 4.37 Å². The molecule has 1 aromatic heterocycles. The first-order valence-corrected chi connectivity index (χ1v) is 6.46. The predicted octanol–water partition coefficient (Wildman–Crippen LogP) is 4.22. The van der Waals surface area contributed by atoms with E-state index in [1.807, 2.05) is 24.4 Å². The summed E-state index contributed by atoms with van der Waals surface area (Å²) in [5, 5.41) is 8.28. The van der Waals surface area contributed by atoms with Crippen LogP contribution in [0.1, 0.15) is 10.4 Å². The molecule has 0 aliphatic carbocycles. The van der Waals surface area contributed by atoms with Gasteiger partial charge in [0.25, 0.3) is 5.91 Å². The predicted molar refractivity (Wildman–Crippen MR) is 74.9 cm³/mol. The lowest BCUT2D eigenvalue weighted by Gasteiger charge is -1.87. The topological polar surface area (TPSA) is 54.7 Å². The summed E-state index contributed by atoms with van der Waals surface area (Å²) in [6.07, 6.45) is 1.89. The number of aromatic nitrogens is 1. The maximum atomic E-state index is 10.8. The summed E-state index contributed by atoms with van der Waals surface area (Å²) in [6, 6.07) is 15.3. The molecule has 4 nitrogen and oxygen atoms in total. The van der Waals surface area contributed by atoms with Gasteiger partial charge in [-0.1, -0.05) is 30.3 Å². The van der Waals surface area contributed by atoms with Crippen molar-refractivity contribution in [3.8, 4) is 0 Å². The fourth-order valence-electron chi connectivity index (χ4n) is 1.71. The normalized spacial score (nSPS) is 12.1. The Morgan fingerprint density at radius 3 is 2.53 bits per heavy atom. The molecule has 4 rings (SSSR count). The number of benzene rings is 2. The highest BCUT2D eigenvalue weighted by Gasteiger charge is 2.14. The van der Waals surface area contributed by atoms with Crippen LogP contribution in [0.3, 0.4) is 0 Å². The quantitative estimate of drug-likeness (QED) is 0.612. The Kier molecular flexibility index (Phi) is 3.12. The highest BCUT2D eigenvalue weighted by Crippen LogP contribution is 2.25. The van der Waals surface area contributed by atoms with Crippen LogP contribution in [0, 0.1) is 0 Å². The van der Waals surface area contributed by atoms with E-state index in [0.717, 1.165) is 0 Å². The Morgan fingerprint density at radius 1 is 0.895 bits per heavy atom. The van der Waals surface area contributed by atoms with Gasteiger partial charge in [0, 0.05) is 11.6 Å². The maximum Gasteiger partial charge on any atom is 0.297 e. The van der Waals surface area contributed by atoms with Gasteiger partial charge in [0.2, 0.25) is 0 Å². The second kappa shape index (κ2) is 5.07. The van der Waals surface area contributed by atoms with Gasteiger partial charge < -0.3 is 0 Å². The van der Waals surface area contributed by atoms with E-state index >= 15 is 0 Å². The molecule has 0 N–H and O–H groups in total. The molecular weight excluding hydrogens is 258 g/mol. The first kappa shape index (κ1) is 11.7. The first-order valence-electron chi connectivity index (χ1n) is 5.69. The molecule has 1 aliphatic rings. The van der Waals surface area contributed by atoms with Gasteiger partial charge in [-0.15, -0.1) is 10.2 Å². The van der Waals surface area contributed by atoms with Gasteiger partial charge >= 0.3 is 0 Å². The molecule has 3 aromatic rings. The van der Waals surface area contributed by atoms with Crippen LogP contribution < -0.4 is 0 Å². The van der Waals surface area contributed by atoms with Crippen LogP contribution in [0.4, 0.5) is 5.69 Å². The minimum Gasteiger partial charge on any atom is -0.265 e. The first-order chi connectivity index (χ1) is 9.34. The van der Waals surface area contributed by atoms with Crippen LogP contribution in [0.5, 0.6) is 0 Å².